The molecule has 3 aromatic carbocycles. The first-order chi connectivity index (χ1) is 22.1. The summed E-state index contributed by atoms with van der Waals surface area (Å²) in [7, 11) is -2.24. The van der Waals surface area contributed by atoms with Crippen LogP contribution in [0.15, 0.2) is 99.3 Å². The van der Waals surface area contributed by atoms with E-state index >= 15 is 0 Å². The highest BCUT2D eigenvalue weighted by molar-refractivity contribution is 7.89. The number of piperazine rings is 1. The van der Waals surface area contributed by atoms with E-state index in [0.29, 0.717) is 31.9 Å². The van der Waals surface area contributed by atoms with Gasteiger partial charge in [-0.25, -0.2) is 13.8 Å². The zero-order chi connectivity index (χ0) is 32.7. The molecular weight excluding hydrogens is 606 g/mol. The van der Waals surface area contributed by atoms with Crippen molar-refractivity contribution in [1.29, 1.82) is 0 Å². The Bertz CT molecular complexity index is 1790. The summed E-state index contributed by atoms with van der Waals surface area (Å²) in [6.07, 6.45) is 1.27. The number of rotatable bonds is 10. The maximum atomic E-state index is 13.7. The number of hydrazone groups is 1. The number of furan rings is 1. The number of amides is 2. The first-order valence-corrected chi connectivity index (χ1v) is 16.3. The van der Waals surface area contributed by atoms with E-state index in [-0.39, 0.29) is 23.7 Å². The molecule has 2 amide bonds. The fourth-order valence-corrected chi connectivity index (χ4v) is 6.49. The second kappa shape index (κ2) is 14.4. The second-order valence-electron chi connectivity index (χ2n) is 11.0. The van der Waals surface area contributed by atoms with Gasteiger partial charge in [-0.2, -0.15) is 9.41 Å². The minimum Gasteiger partial charge on any atom is -0.495 e. The fourth-order valence-electron chi connectivity index (χ4n) is 5.09. The van der Waals surface area contributed by atoms with E-state index in [1.165, 1.54) is 15.4 Å². The van der Waals surface area contributed by atoms with Crippen LogP contribution in [0.3, 0.4) is 0 Å². The van der Waals surface area contributed by atoms with Crippen molar-refractivity contribution in [1.82, 2.24) is 14.6 Å². The monoisotopic (exact) mass is 643 g/mol. The standard InChI is InChI=1S/C34H37N5O6S/c1-25-8-12-27(13-9-25)23-39(46(42,43)30-16-10-26(2)11-17-30)24-29-15-14-28(45-29)22-35-36-33(40)34(41)38-20-18-37(19-21-38)31-6-4-5-7-32(31)44-3/h4-17,22H,18-21,23-24H2,1-3H3,(H,36,40)/b35-22+. The molecule has 1 saturated heterocycles. The molecule has 0 radical (unpaired) electrons. The summed E-state index contributed by atoms with van der Waals surface area (Å²) in [5.41, 5.74) is 6.08. The van der Waals surface area contributed by atoms with Crippen LogP contribution in [-0.2, 0) is 32.7 Å². The van der Waals surface area contributed by atoms with E-state index in [2.05, 4.69) is 15.4 Å². The Labute approximate surface area is 269 Å². The van der Waals surface area contributed by atoms with Gasteiger partial charge in [-0.05, 0) is 55.8 Å². The molecule has 46 heavy (non-hydrogen) atoms. The number of ether oxygens (including phenoxy) is 1. The lowest BCUT2D eigenvalue weighted by Gasteiger charge is -2.36. The molecule has 1 aromatic heterocycles. The van der Waals surface area contributed by atoms with E-state index in [0.717, 1.165) is 28.1 Å². The van der Waals surface area contributed by atoms with Crippen molar-refractivity contribution in [3.63, 3.8) is 0 Å². The van der Waals surface area contributed by atoms with Crippen LogP contribution in [0.4, 0.5) is 5.69 Å². The number of nitrogens with one attached hydrogen (secondary N) is 1. The molecule has 11 nitrogen and oxygen atoms in total. The molecule has 0 spiro atoms. The number of hydrogen-bond acceptors (Lipinski definition) is 8. The molecule has 0 aliphatic carbocycles. The van der Waals surface area contributed by atoms with Crippen LogP contribution in [0, 0.1) is 13.8 Å². The Morgan fingerprint density at radius 2 is 1.54 bits per heavy atom. The maximum absolute atomic E-state index is 13.7. The number of carbonyl (C=O) groups excluding carboxylic acids is 2. The quantitative estimate of drug-likeness (QED) is 0.157. The topological polar surface area (TPSA) is 125 Å². The van der Waals surface area contributed by atoms with E-state index in [1.807, 2.05) is 62.4 Å². The van der Waals surface area contributed by atoms with Crippen molar-refractivity contribution in [2.45, 2.75) is 31.8 Å². The summed E-state index contributed by atoms with van der Waals surface area (Å²) in [4.78, 5) is 29.1. The molecule has 4 aromatic rings. The van der Waals surface area contributed by atoms with Crippen molar-refractivity contribution in [3.05, 3.63) is 113 Å². The van der Waals surface area contributed by atoms with E-state index in [1.54, 1.807) is 43.5 Å². The largest absolute Gasteiger partial charge is 0.495 e. The molecule has 0 bridgehead atoms. The van der Waals surface area contributed by atoms with Crippen LogP contribution in [0.2, 0.25) is 0 Å². The van der Waals surface area contributed by atoms with Gasteiger partial charge in [0.25, 0.3) is 0 Å². The fraction of sp³-hybridized carbons (Fsp3) is 0.265. The summed E-state index contributed by atoms with van der Waals surface area (Å²) < 4.78 is 39.9. The first kappa shape index (κ1) is 32.5. The van der Waals surface area contributed by atoms with Gasteiger partial charge < -0.3 is 19.0 Å². The predicted octanol–water partition coefficient (Wildman–Crippen LogP) is 4.10. The maximum Gasteiger partial charge on any atom is 0.329 e. The van der Waals surface area contributed by atoms with Crippen LogP contribution in [0.25, 0.3) is 0 Å². The molecule has 12 heteroatoms. The SMILES string of the molecule is COc1ccccc1N1CCN(C(=O)C(=O)N/N=C/c2ccc(CN(Cc3ccc(C)cc3)S(=O)(=O)c3ccc(C)cc3)o2)CC1. The summed E-state index contributed by atoms with van der Waals surface area (Å²) in [6.45, 7) is 5.85. The minimum atomic E-state index is -3.86. The molecule has 1 aliphatic heterocycles. The van der Waals surface area contributed by atoms with Gasteiger partial charge in [0.2, 0.25) is 10.0 Å². The normalized spacial score (nSPS) is 13.7. The first-order valence-electron chi connectivity index (χ1n) is 14.9. The van der Waals surface area contributed by atoms with Crippen molar-refractivity contribution >= 4 is 33.7 Å². The summed E-state index contributed by atoms with van der Waals surface area (Å²) in [5, 5.41) is 3.89. The number of sulfonamides is 1. The number of benzene rings is 3. The molecule has 0 saturated carbocycles. The molecule has 2 heterocycles. The lowest BCUT2D eigenvalue weighted by Crippen LogP contribution is -2.52. The summed E-state index contributed by atoms with van der Waals surface area (Å²) in [6, 6.07) is 25.3. The average molecular weight is 644 g/mol. The molecule has 0 atom stereocenters. The van der Waals surface area contributed by atoms with Gasteiger partial charge in [-0.1, -0.05) is 59.7 Å². The van der Waals surface area contributed by atoms with Crippen LogP contribution >= 0.6 is 0 Å². The highest BCUT2D eigenvalue weighted by Gasteiger charge is 2.28. The average Bonchev–Trinajstić information content (AvgIpc) is 3.52. The van der Waals surface area contributed by atoms with Crippen LogP contribution in [0.1, 0.15) is 28.2 Å². The molecule has 1 aliphatic rings. The van der Waals surface area contributed by atoms with Crippen LogP contribution in [-0.4, -0.2) is 68.9 Å². The third-order valence-electron chi connectivity index (χ3n) is 7.70. The van der Waals surface area contributed by atoms with Gasteiger partial charge in [0, 0.05) is 32.7 Å². The Hall–Kier alpha value is -4.94. The van der Waals surface area contributed by atoms with Gasteiger partial charge in [-0.15, -0.1) is 0 Å². The summed E-state index contributed by atoms with van der Waals surface area (Å²) in [5.74, 6) is -0.106. The molecule has 240 valence electrons. The third kappa shape index (κ3) is 7.82. The van der Waals surface area contributed by atoms with Crippen molar-refractivity contribution in [2.75, 3.05) is 38.2 Å². The van der Waals surface area contributed by atoms with Gasteiger partial charge in [0.15, 0.2) is 0 Å². The smallest absolute Gasteiger partial charge is 0.329 e. The number of carbonyl (C=O) groups is 2. The highest BCUT2D eigenvalue weighted by atomic mass is 32.2. The number of aryl methyl sites for hydroxylation is 2. The van der Waals surface area contributed by atoms with Crippen molar-refractivity contribution in [3.8, 4) is 5.75 Å². The highest BCUT2D eigenvalue weighted by Crippen LogP contribution is 2.28. The van der Waals surface area contributed by atoms with Gasteiger partial charge in [0.05, 0.1) is 30.5 Å². The van der Waals surface area contributed by atoms with Gasteiger partial charge >= 0.3 is 11.8 Å². The zero-order valence-corrected chi connectivity index (χ0v) is 26.9. The minimum absolute atomic E-state index is 0.0242. The van der Waals surface area contributed by atoms with Gasteiger partial charge in [-0.3, -0.25) is 9.59 Å². The van der Waals surface area contributed by atoms with Gasteiger partial charge in [0.1, 0.15) is 17.3 Å². The van der Waals surface area contributed by atoms with E-state index < -0.39 is 21.8 Å². The summed E-state index contributed by atoms with van der Waals surface area (Å²) >= 11 is 0. The number of anilines is 1. The third-order valence-corrected chi connectivity index (χ3v) is 9.50. The zero-order valence-electron chi connectivity index (χ0n) is 26.0. The lowest BCUT2D eigenvalue weighted by molar-refractivity contribution is -0.146. The van der Waals surface area contributed by atoms with Crippen LogP contribution < -0.4 is 15.1 Å². The predicted molar refractivity (Wildman–Crippen MR) is 175 cm³/mol. The van der Waals surface area contributed by atoms with Crippen LogP contribution in [0.5, 0.6) is 5.75 Å². The number of methoxy groups -OCH3 is 1. The van der Waals surface area contributed by atoms with Crippen molar-refractivity contribution in [2.24, 2.45) is 5.10 Å². The Morgan fingerprint density at radius 1 is 0.891 bits per heavy atom. The van der Waals surface area contributed by atoms with E-state index in [9.17, 15) is 18.0 Å². The molecule has 1 fully saturated rings. The molecular formula is C34H37N5O6S. The Morgan fingerprint density at radius 3 is 2.22 bits per heavy atom. The second-order valence-corrected chi connectivity index (χ2v) is 13.0. The number of para-hydroxylation sites is 2. The number of hydrogen-bond donors (Lipinski definition) is 1. The van der Waals surface area contributed by atoms with E-state index in [4.69, 9.17) is 9.15 Å². The molecule has 5 rings (SSSR count). The molecule has 1 N–H and O–H groups in total. The Balaban J connectivity index is 1.19. The lowest BCUT2D eigenvalue weighted by atomic mass is 10.1. The van der Waals surface area contributed by atoms with Crippen molar-refractivity contribution < 1.29 is 27.2 Å². The Kier molecular flexibility index (Phi) is 10.2. The number of nitrogens with zero attached hydrogens (tertiary/aromatic N) is 4. The molecule has 0 unspecified atom stereocenters.